The van der Waals surface area contributed by atoms with E-state index in [1.165, 1.54) is 0 Å². The van der Waals surface area contributed by atoms with Crippen molar-refractivity contribution in [2.45, 2.75) is 117 Å². The first-order chi connectivity index (χ1) is 24.3. The quantitative estimate of drug-likeness (QED) is 0.169. The SMILES string of the molecule is C[C@@H](CN[C@H]1CCN(c2ncc3c4c(c(-c5ncc(F)c6sc(NC(=O)OC(C)(C)C)c(C#N)c56)c(F)c3n2)COC4)[C@H]1C)O[Si](C)(C)C(C)(C)C. The molecule has 0 bridgehead atoms. The van der Waals surface area contributed by atoms with Crippen molar-refractivity contribution in [3.63, 3.8) is 0 Å². The molecule has 1 saturated heterocycles. The lowest BCUT2D eigenvalue weighted by Crippen LogP contribution is -2.48. The molecule has 2 aliphatic rings. The van der Waals surface area contributed by atoms with E-state index in [1.807, 2.05) is 0 Å². The van der Waals surface area contributed by atoms with Crippen LogP contribution >= 0.6 is 11.3 Å². The van der Waals surface area contributed by atoms with Crippen LogP contribution in [0.2, 0.25) is 18.1 Å². The summed E-state index contributed by atoms with van der Waals surface area (Å²) in [5.74, 6) is -0.977. The summed E-state index contributed by atoms with van der Waals surface area (Å²) in [5.41, 5.74) is 0.632. The number of carbonyl (C=O) groups is 1. The number of fused-ring (bicyclic) bond motifs is 4. The van der Waals surface area contributed by atoms with E-state index in [0.717, 1.165) is 24.0 Å². The molecule has 0 spiro atoms. The zero-order chi connectivity index (χ0) is 37.9. The number of ether oxygens (including phenoxy) is 2. The minimum absolute atomic E-state index is 0.0242. The van der Waals surface area contributed by atoms with E-state index in [9.17, 15) is 10.1 Å². The molecule has 15 heteroatoms. The topological polar surface area (TPSA) is 135 Å². The predicted octanol–water partition coefficient (Wildman–Crippen LogP) is 8.40. The number of pyridine rings is 1. The van der Waals surface area contributed by atoms with E-state index in [2.05, 4.69) is 74.3 Å². The van der Waals surface area contributed by atoms with Crippen LogP contribution in [0.15, 0.2) is 12.4 Å². The number of anilines is 2. The second-order valence-electron chi connectivity index (χ2n) is 16.2. The molecule has 1 fully saturated rings. The number of halogens is 2. The summed E-state index contributed by atoms with van der Waals surface area (Å²) in [7, 11) is -1.91. The van der Waals surface area contributed by atoms with Crippen molar-refractivity contribution in [2.24, 2.45) is 0 Å². The molecule has 0 aliphatic carbocycles. The summed E-state index contributed by atoms with van der Waals surface area (Å²) < 4.78 is 50.1. The molecule has 1 amide bonds. The van der Waals surface area contributed by atoms with Gasteiger partial charge in [0.05, 0.1) is 41.5 Å². The Kier molecular flexibility index (Phi) is 10.1. The number of benzene rings is 1. The lowest BCUT2D eigenvalue weighted by atomic mass is 9.94. The van der Waals surface area contributed by atoms with Crippen molar-refractivity contribution in [1.82, 2.24) is 20.3 Å². The summed E-state index contributed by atoms with van der Waals surface area (Å²) in [5, 5.41) is 17.3. The summed E-state index contributed by atoms with van der Waals surface area (Å²) in [4.78, 5) is 28.6. The fourth-order valence-electron chi connectivity index (χ4n) is 6.67. The molecule has 52 heavy (non-hydrogen) atoms. The largest absolute Gasteiger partial charge is 0.444 e. The molecular formula is C37H47F2N7O4SSi. The van der Waals surface area contributed by atoms with Crippen LogP contribution in [0.5, 0.6) is 0 Å². The Morgan fingerprint density at radius 1 is 1.17 bits per heavy atom. The number of nitrogens with zero attached hydrogens (tertiary/aromatic N) is 5. The second-order valence-corrected chi connectivity index (χ2v) is 22.0. The molecule has 4 aromatic rings. The highest BCUT2D eigenvalue weighted by atomic mass is 32.1. The van der Waals surface area contributed by atoms with E-state index in [1.54, 1.807) is 27.0 Å². The minimum Gasteiger partial charge on any atom is -0.444 e. The Bertz CT molecular complexity index is 2090. The highest BCUT2D eigenvalue weighted by Gasteiger charge is 2.39. The normalized spacial score (nSPS) is 18.6. The second kappa shape index (κ2) is 13.9. The van der Waals surface area contributed by atoms with Gasteiger partial charge in [0, 0.05) is 47.7 Å². The molecule has 11 nitrogen and oxygen atoms in total. The zero-order valence-corrected chi connectivity index (χ0v) is 33.3. The molecule has 6 rings (SSSR count). The number of nitriles is 1. The molecule has 0 unspecified atom stereocenters. The van der Waals surface area contributed by atoms with Crippen LogP contribution in [-0.4, -0.2) is 66.2 Å². The van der Waals surface area contributed by atoms with Gasteiger partial charge in [-0.2, -0.15) is 5.26 Å². The van der Waals surface area contributed by atoms with Crippen LogP contribution in [0.3, 0.4) is 0 Å². The van der Waals surface area contributed by atoms with Crippen LogP contribution in [0.4, 0.5) is 24.5 Å². The number of rotatable bonds is 8. The molecule has 278 valence electrons. The fraction of sp³-hybridized carbons (Fsp3) is 0.541. The highest BCUT2D eigenvalue weighted by Crippen LogP contribution is 2.46. The van der Waals surface area contributed by atoms with Crippen LogP contribution < -0.4 is 15.5 Å². The van der Waals surface area contributed by atoms with E-state index >= 15 is 8.78 Å². The molecule has 2 aliphatic heterocycles. The smallest absolute Gasteiger partial charge is 0.412 e. The number of amides is 1. The van der Waals surface area contributed by atoms with Gasteiger partial charge in [-0.3, -0.25) is 10.3 Å². The molecule has 0 radical (unpaired) electrons. The number of carbonyl (C=O) groups excluding carboxylic acids is 1. The van der Waals surface area contributed by atoms with Crippen molar-refractivity contribution in [3.05, 3.63) is 40.7 Å². The lowest BCUT2D eigenvalue weighted by molar-refractivity contribution is 0.0636. The van der Waals surface area contributed by atoms with E-state index < -0.39 is 31.6 Å². The number of hydrogen-bond acceptors (Lipinski definition) is 11. The average Bonchev–Trinajstić information content (AvgIpc) is 3.76. The van der Waals surface area contributed by atoms with Crippen LogP contribution in [0, 0.1) is 23.0 Å². The molecule has 1 aromatic carbocycles. The third kappa shape index (κ3) is 7.11. The molecule has 0 saturated carbocycles. The number of aromatic nitrogens is 3. The van der Waals surface area contributed by atoms with Crippen molar-refractivity contribution >= 4 is 57.7 Å². The fourth-order valence-corrected chi connectivity index (χ4v) is 9.16. The molecule has 2 N–H and O–H groups in total. The Balaban J connectivity index is 1.35. The zero-order valence-electron chi connectivity index (χ0n) is 31.5. The van der Waals surface area contributed by atoms with Gasteiger partial charge < -0.3 is 24.1 Å². The van der Waals surface area contributed by atoms with Crippen molar-refractivity contribution in [3.8, 4) is 17.3 Å². The molecular weight excluding hydrogens is 705 g/mol. The molecule has 3 aromatic heterocycles. The van der Waals surface area contributed by atoms with Gasteiger partial charge in [0.15, 0.2) is 20.0 Å². The third-order valence-corrected chi connectivity index (χ3v) is 16.0. The van der Waals surface area contributed by atoms with Crippen molar-refractivity contribution < 1.29 is 27.5 Å². The van der Waals surface area contributed by atoms with Crippen LogP contribution in [-0.2, 0) is 27.1 Å². The monoisotopic (exact) mass is 751 g/mol. The standard InChI is InChI=1S/C37H47F2N7O4SSi/c1-19(50-52(9,10)37(6,7)8)14-41-26-11-12-46(20(26)2)34-43-15-22-23-17-48-18-24(23)27(29(39)30(22)44-34)31-28-21(13-40)33(45-35(47)49-36(3,4)5)51-32(28)25(38)16-42-31/h15-16,19-20,26,41H,11-12,14,17-18H2,1-10H3,(H,45,47)/t19-,20-,26-/m0/s1. The maximum absolute atomic E-state index is 17.1. The first-order valence-electron chi connectivity index (χ1n) is 17.6. The number of nitrogens with one attached hydrogen (secondary N) is 2. The van der Waals surface area contributed by atoms with Gasteiger partial charge in [-0.05, 0) is 70.3 Å². The Morgan fingerprint density at radius 2 is 1.88 bits per heavy atom. The van der Waals surface area contributed by atoms with E-state index in [-0.39, 0.29) is 73.9 Å². The molecule has 5 heterocycles. The van der Waals surface area contributed by atoms with Crippen LogP contribution in [0.25, 0.3) is 32.2 Å². The van der Waals surface area contributed by atoms with E-state index in [4.69, 9.17) is 23.9 Å². The summed E-state index contributed by atoms with van der Waals surface area (Å²) in [6.07, 6.45) is 2.75. The van der Waals surface area contributed by atoms with Crippen LogP contribution in [0.1, 0.15) is 78.5 Å². The van der Waals surface area contributed by atoms with Gasteiger partial charge in [-0.15, -0.1) is 11.3 Å². The summed E-state index contributed by atoms with van der Waals surface area (Å²) in [6.45, 7) is 22.2. The number of thiophene rings is 1. The third-order valence-electron chi connectivity index (χ3n) is 10.3. The molecule has 3 atom stereocenters. The van der Waals surface area contributed by atoms with Gasteiger partial charge in [0.2, 0.25) is 5.95 Å². The van der Waals surface area contributed by atoms with Gasteiger partial charge >= 0.3 is 6.09 Å². The Labute approximate surface area is 308 Å². The van der Waals surface area contributed by atoms with Crippen molar-refractivity contribution in [1.29, 1.82) is 5.26 Å². The predicted molar refractivity (Wildman–Crippen MR) is 202 cm³/mol. The van der Waals surface area contributed by atoms with E-state index in [0.29, 0.717) is 35.6 Å². The highest BCUT2D eigenvalue weighted by molar-refractivity contribution is 7.23. The minimum atomic E-state index is -1.91. The lowest BCUT2D eigenvalue weighted by Gasteiger charge is -2.38. The Hall–Kier alpha value is -3.81. The Morgan fingerprint density at radius 3 is 2.56 bits per heavy atom. The maximum atomic E-state index is 17.1. The van der Waals surface area contributed by atoms with Gasteiger partial charge in [0.1, 0.15) is 22.2 Å². The summed E-state index contributed by atoms with van der Waals surface area (Å²) >= 11 is 0.862. The average molecular weight is 752 g/mol. The first-order valence-corrected chi connectivity index (χ1v) is 21.3. The summed E-state index contributed by atoms with van der Waals surface area (Å²) in [6, 6.07) is 2.25. The maximum Gasteiger partial charge on any atom is 0.412 e. The van der Waals surface area contributed by atoms with Gasteiger partial charge in [-0.1, -0.05) is 20.8 Å². The van der Waals surface area contributed by atoms with Gasteiger partial charge in [-0.25, -0.2) is 23.5 Å². The van der Waals surface area contributed by atoms with Gasteiger partial charge in [0.25, 0.3) is 0 Å². The van der Waals surface area contributed by atoms with Crippen molar-refractivity contribution in [2.75, 3.05) is 23.3 Å². The number of hydrogen-bond donors (Lipinski definition) is 2. The first kappa shape index (κ1) is 37.9.